The van der Waals surface area contributed by atoms with Crippen molar-refractivity contribution in [1.82, 2.24) is 0 Å². The van der Waals surface area contributed by atoms with Gasteiger partial charge in [-0.05, 0) is 225 Å². The predicted octanol–water partition coefficient (Wildman–Crippen LogP) is 19.4. The molecule has 6 nitrogen and oxygen atoms in total. The molecule has 0 aromatic heterocycles. The lowest BCUT2D eigenvalue weighted by atomic mass is 9.31. The molecule has 11 aromatic carbocycles. The van der Waals surface area contributed by atoms with Gasteiger partial charge in [-0.2, -0.15) is 0 Å². The Balaban J connectivity index is 0.911. The van der Waals surface area contributed by atoms with Crippen molar-refractivity contribution in [3.8, 4) is 23.0 Å². The highest BCUT2D eigenvalue weighted by Crippen LogP contribution is 2.54. The summed E-state index contributed by atoms with van der Waals surface area (Å²) in [4.78, 5) is 10.0. The molecule has 4 heterocycles. The van der Waals surface area contributed by atoms with E-state index in [4.69, 9.17) is 9.47 Å². The van der Waals surface area contributed by atoms with Crippen molar-refractivity contribution in [2.75, 3.05) is 19.6 Å². The Morgan fingerprint density at radius 2 is 0.638 bits per heavy atom. The van der Waals surface area contributed by atoms with E-state index < -0.39 is 0 Å². The summed E-state index contributed by atoms with van der Waals surface area (Å²) < 4.78 is 15.5. The highest BCUT2D eigenvalue weighted by atomic mass is 16.5. The summed E-state index contributed by atoms with van der Waals surface area (Å²) in [5, 5.41) is 0. The van der Waals surface area contributed by atoms with E-state index in [0.717, 1.165) is 127 Å². The van der Waals surface area contributed by atoms with Crippen LogP contribution in [0.4, 0.5) is 68.2 Å². The molecule has 6 aliphatic rings. The Morgan fingerprint density at radius 3 is 1.00 bits per heavy atom. The fourth-order valence-corrected chi connectivity index (χ4v) is 17.2. The quantitative estimate of drug-likeness (QED) is 0.141. The van der Waals surface area contributed by atoms with E-state index in [1.54, 1.807) is 0 Å². The Bertz CT molecular complexity index is 4600. The molecule has 0 N–H and O–H groups in total. The highest BCUT2D eigenvalue weighted by molar-refractivity contribution is 7.02. The first-order valence-corrected chi connectivity index (χ1v) is 34.1. The van der Waals surface area contributed by atoms with Gasteiger partial charge >= 0.3 is 0 Å². The van der Waals surface area contributed by atoms with Gasteiger partial charge in [0.25, 0.3) is 13.4 Å². The van der Waals surface area contributed by atoms with Crippen molar-refractivity contribution in [3.63, 3.8) is 0 Å². The summed E-state index contributed by atoms with van der Waals surface area (Å²) in [6.07, 6.45) is 4.56. The zero-order chi connectivity index (χ0) is 64.5. The van der Waals surface area contributed by atoms with E-state index in [1.165, 1.54) is 66.8 Å². The molecule has 462 valence electrons. The van der Waals surface area contributed by atoms with Gasteiger partial charge in [-0.1, -0.05) is 183 Å². The normalized spacial score (nSPS) is 16.6. The molecule has 17 rings (SSSR count). The molecule has 0 unspecified atom stereocenters. The fourth-order valence-electron chi connectivity index (χ4n) is 17.2. The molecule has 2 aliphatic carbocycles. The van der Waals surface area contributed by atoms with Crippen molar-refractivity contribution in [1.29, 1.82) is 0 Å². The lowest BCUT2D eigenvalue weighted by Gasteiger charge is -2.45. The van der Waals surface area contributed by atoms with Crippen LogP contribution in [-0.4, -0.2) is 13.4 Å². The summed E-state index contributed by atoms with van der Waals surface area (Å²) in [5.41, 5.74) is 31.0. The van der Waals surface area contributed by atoms with Crippen LogP contribution in [0.5, 0.6) is 23.0 Å². The zero-order valence-electron chi connectivity index (χ0n) is 56.4. The number of hydrogen-bond donors (Lipinski definition) is 0. The third-order valence-electron chi connectivity index (χ3n) is 22.6. The third kappa shape index (κ3) is 8.84. The van der Waals surface area contributed by atoms with Gasteiger partial charge in [-0.25, -0.2) is 0 Å². The molecular formula is C86H80B2N4O2. The molecule has 0 amide bonds. The van der Waals surface area contributed by atoms with Gasteiger partial charge < -0.3 is 29.1 Å². The molecule has 0 saturated heterocycles. The van der Waals surface area contributed by atoms with E-state index in [-0.39, 0.29) is 35.1 Å². The van der Waals surface area contributed by atoms with Gasteiger partial charge in [-0.15, -0.1) is 0 Å². The summed E-state index contributed by atoms with van der Waals surface area (Å²) >= 11 is 0. The van der Waals surface area contributed by atoms with Crippen molar-refractivity contribution in [2.24, 2.45) is 0 Å². The smallest absolute Gasteiger partial charge is 0.256 e. The molecule has 0 fully saturated rings. The van der Waals surface area contributed by atoms with Crippen LogP contribution in [0.1, 0.15) is 126 Å². The van der Waals surface area contributed by atoms with Crippen molar-refractivity contribution >= 4 is 114 Å². The zero-order valence-corrected chi connectivity index (χ0v) is 56.4. The molecule has 0 atom stereocenters. The van der Waals surface area contributed by atoms with Crippen LogP contribution in [0.2, 0.25) is 0 Å². The number of hydrogen-bond acceptors (Lipinski definition) is 6. The molecule has 94 heavy (non-hydrogen) atoms. The van der Waals surface area contributed by atoms with Gasteiger partial charge in [0.1, 0.15) is 23.0 Å². The lowest BCUT2D eigenvalue weighted by Crippen LogP contribution is -2.63. The minimum absolute atomic E-state index is 0.000388. The Kier molecular flexibility index (Phi) is 13.0. The van der Waals surface area contributed by atoms with Gasteiger partial charge in [0.15, 0.2) is 0 Å². The van der Waals surface area contributed by atoms with Crippen LogP contribution >= 0.6 is 0 Å². The van der Waals surface area contributed by atoms with E-state index in [1.807, 2.05) is 0 Å². The molecule has 0 radical (unpaired) electrons. The maximum atomic E-state index is 7.73. The second-order valence-corrected chi connectivity index (χ2v) is 30.4. The minimum Gasteiger partial charge on any atom is -0.458 e. The molecular weight excluding hydrogens is 1140 g/mol. The molecule has 0 bridgehead atoms. The maximum Gasteiger partial charge on any atom is 0.256 e. The number of para-hydroxylation sites is 6. The van der Waals surface area contributed by atoms with Crippen LogP contribution in [0.15, 0.2) is 218 Å². The minimum atomic E-state index is -0.183. The van der Waals surface area contributed by atoms with Crippen molar-refractivity contribution in [3.05, 3.63) is 263 Å². The predicted molar refractivity (Wildman–Crippen MR) is 397 cm³/mol. The van der Waals surface area contributed by atoms with Crippen LogP contribution in [0.25, 0.3) is 0 Å². The standard InChI is InChI=1S/C86H80B2N4O2/c1-53-25-13-19-31-69(53)91(70-32-20-14-26-54(70)2)59-47-75-81-79(49-59)93-77-52-78-68(51-67(77)87(81)65-29-17-23-35-73(65)89(75)57-37-39-61-63(45-57)85(9,10)43-41-83(61,5)6)88-66-30-18-24-36-74(66)90(58-38-40-62-64(46-58)86(11,12)44-42-84(62,7)8)76-48-60(50-80(94-78)82(76)88)92(71-33-21-15-27-55(71)3)72-34-22-16-28-56(72)4/h13-40,45-52H,41-44H2,1-12H3. The third-order valence-corrected chi connectivity index (χ3v) is 22.6. The first-order valence-electron chi connectivity index (χ1n) is 34.1. The van der Waals surface area contributed by atoms with E-state index in [9.17, 15) is 0 Å². The first kappa shape index (κ1) is 58.2. The largest absolute Gasteiger partial charge is 0.458 e. The summed E-state index contributed by atoms with van der Waals surface area (Å²) in [6.45, 7) is 28.0. The summed E-state index contributed by atoms with van der Waals surface area (Å²) in [7, 11) is 0. The Labute approximate surface area is 556 Å². The second kappa shape index (κ2) is 20.9. The number of aryl methyl sites for hydroxylation is 4. The van der Waals surface area contributed by atoms with Gasteiger partial charge in [-0.3, -0.25) is 0 Å². The number of rotatable bonds is 8. The monoisotopic (exact) mass is 1220 g/mol. The number of benzene rings is 11. The van der Waals surface area contributed by atoms with Crippen LogP contribution in [-0.2, 0) is 21.7 Å². The Hall–Kier alpha value is -9.65. The average molecular weight is 1220 g/mol. The number of anilines is 12. The number of fused-ring (bicyclic) bond motifs is 10. The number of nitrogens with zero attached hydrogens (tertiary/aromatic N) is 4. The average Bonchev–Trinajstić information content (AvgIpc) is 0.698. The SMILES string of the molecule is Cc1ccccc1N(c1cc2c3c(c1)N(c1ccc4c(c1)C(C)(C)CCC4(C)C)c1ccccc1B3c1cc3c(cc1O2)Oc1cc(N(c2ccccc2C)c2ccccc2C)cc2c1B3c1ccccc1N2c1ccc2c(c1)C(C)(C)CCC2(C)C)c1ccccc1C. The van der Waals surface area contributed by atoms with E-state index in [2.05, 4.69) is 321 Å². The van der Waals surface area contributed by atoms with Gasteiger partial charge in [0.2, 0.25) is 0 Å². The van der Waals surface area contributed by atoms with Gasteiger partial charge in [0.05, 0.1) is 11.4 Å². The summed E-state index contributed by atoms with van der Waals surface area (Å²) in [6, 6.07) is 82.4. The molecule has 11 aromatic rings. The molecule has 4 aliphatic heterocycles. The lowest BCUT2D eigenvalue weighted by molar-refractivity contribution is 0.332. The van der Waals surface area contributed by atoms with Crippen LogP contribution in [0, 0.1) is 27.7 Å². The van der Waals surface area contributed by atoms with Crippen molar-refractivity contribution < 1.29 is 9.47 Å². The fraction of sp³-hybridized carbons (Fsp3) is 0.233. The molecule has 0 spiro atoms. The van der Waals surface area contributed by atoms with Crippen LogP contribution in [0.3, 0.4) is 0 Å². The molecule has 0 saturated carbocycles. The first-order chi connectivity index (χ1) is 45.2. The second-order valence-electron chi connectivity index (χ2n) is 30.4. The van der Waals surface area contributed by atoms with Gasteiger partial charge in [0, 0.05) is 75.1 Å². The maximum absolute atomic E-state index is 7.73. The van der Waals surface area contributed by atoms with Crippen molar-refractivity contribution in [2.45, 2.75) is 130 Å². The number of ether oxygens (including phenoxy) is 2. The van der Waals surface area contributed by atoms with E-state index >= 15 is 0 Å². The van der Waals surface area contributed by atoms with E-state index in [0.29, 0.717) is 0 Å². The Morgan fingerprint density at radius 1 is 0.309 bits per heavy atom. The highest BCUT2D eigenvalue weighted by Gasteiger charge is 2.49. The topological polar surface area (TPSA) is 31.4 Å². The summed E-state index contributed by atoms with van der Waals surface area (Å²) in [5.74, 6) is 3.26. The van der Waals surface area contributed by atoms with Crippen LogP contribution < -0.4 is 61.9 Å². The molecule has 8 heteroatoms.